The molecule has 5 rings (SSSR count). The van der Waals surface area contributed by atoms with E-state index in [0.29, 0.717) is 31.8 Å². The van der Waals surface area contributed by atoms with Gasteiger partial charge < -0.3 is 19.7 Å². The number of H-pyrrole nitrogens is 1. The number of alkyl halides is 1. The number of piperazine rings is 1. The predicted octanol–water partition coefficient (Wildman–Crippen LogP) is 6.77. The minimum absolute atomic E-state index is 0.0311. The van der Waals surface area contributed by atoms with E-state index in [1.807, 2.05) is 36.1 Å². The number of unbranched alkanes of at least 4 members (excludes halogenated alkanes) is 3. The van der Waals surface area contributed by atoms with Gasteiger partial charge in [-0.1, -0.05) is 31.0 Å². The minimum atomic E-state index is -1.55. The molecule has 0 saturated carbocycles. The number of halogens is 3. The highest BCUT2D eigenvalue weighted by atomic mass is 19.1. The van der Waals surface area contributed by atoms with E-state index in [1.54, 1.807) is 0 Å². The first-order chi connectivity index (χ1) is 20.5. The van der Waals surface area contributed by atoms with Crippen LogP contribution in [0.3, 0.4) is 0 Å². The summed E-state index contributed by atoms with van der Waals surface area (Å²) < 4.78 is 52.3. The maximum atomic E-state index is 15.8. The summed E-state index contributed by atoms with van der Waals surface area (Å²) in [6.45, 7) is 8.88. The van der Waals surface area contributed by atoms with Crippen molar-refractivity contribution in [3.05, 3.63) is 64.9 Å². The van der Waals surface area contributed by atoms with E-state index in [0.717, 1.165) is 61.8 Å². The fraction of sp³-hybridized carbons (Fsp3) is 0.545. The molecule has 0 spiro atoms. The second-order valence-electron chi connectivity index (χ2n) is 12.6. The third-order valence-electron chi connectivity index (χ3n) is 8.68. The van der Waals surface area contributed by atoms with Crippen molar-refractivity contribution in [1.29, 1.82) is 0 Å². The van der Waals surface area contributed by atoms with Gasteiger partial charge in [-0.2, -0.15) is 0 Å². The quantitative estimate of drug-likeness (QED) is 0.238. The average molecular weight is 601 g/mol. The fourth-order valence-corrected chi connectivity index (χ4v) is 6.55. The van der Waals surface area contributed by atoms with Gasteiger partial charge in [0.2, 0.25) is 0 Å². The van der Waals surface area contributed by atoms with Crippen LogP contribution in [0.5, 0.6) is 5.75 Å². The van der Waals surface area contributed by atoms with Crippen LogP contribution in [-0.4, -0.2) is 88.5 Å². The number of hydrogen-bond donors (Lipinski definition) is 2. The predicted molar refractivity (Wildman–Crippen MR) is 162 cm³/mol. The van der Waals surface area contributed by atoms with Crippen LogP contribution in [0.15, 0.2) is 36.4 Å². The molecule has 1 saturated heterocycles. The Kier molecular flexibility index (Phi) is 9.56. The van der Waals surface area contributed by atoms with Gasteiger partial charge in [0.05, 0.1) is 12.6 Å². The molecule has 43 heavy (non-hydrogen) atoms. The summed E-state index contributed by atoms with van der Waals surface area (Å²) in [7, 11) is 0. The summed E-state index contributed by atoms with van der Waals surface area (Å²) in [5, 5.41) is 10.1. The van der Waals surface area contributed by atoms with E-state index < -0.39 is 29.4 Å². The Morgan fingerprint density at radius 2 is 1.72 bits per heavy atom. The molecule has 2 aromatic carbocycles. The van der Waals surface area contributed by atoms with Gasteiger partial charge in [-0.3, -0.25) is 9.80 Å². The third-order valence-corrected chi connectivity index (χ3v) is 8.68. The van der Waals surface area contributed by atoms with Gasteiger partial charge in [0.25, 0.3) is 0 Å². The monoisotopic (exact) mass is 600 g/mol. The number of aromatic nitrogens is 1. The van der Waals surface area contributed by atoms with Crippen LogP contribution < -0.4 is 4.74 Å². The summed E-state index contributed by atoms with van der Waals surface area (Å²) in [6.07, 6.45) is 3.48. The Morgan fingerprint density at radius 3 is 2.40 bits per heavy atom. The Hall–Kier alpha value is -3.24. The maximum Gasteiger partial charge on any atom is 0.407 e. The molecule has 1 aromatic heterocycles. The number of nitrogens with one attached hydrogen (secondary N) is 1. The van der Waals surface area contributed by atoms with Crippen molar-refractivity contribution in [3.8, 4) is 5.75 Å². The van der Waals surface area contributed by atoms with Crippen molar-refractivity contribution in [1.82, 2.24) is 19.7 Å². The molecule has 0 radical (unpaired) electrons. The highest BCUT2D eigenvalue weighted by Gasteiger charge is 2.41. The van der Waals surface area contributed by atoms with Crippen LogP contribution >= 0.6 is 0 Å². The second kappa shape index (κ2) is 13.2. The molecule has 1 amide bonds. The molecule has 0 aliphatic carbocycles. The first-order valence-electron chi connectivity index (χ1n) is 15.4. The van der Waals surface area contributed by atoms with Crippen molar-refractivity contribution in [2.75, 3.05) is 45.9 Å². The van der Waals surface area contributed by atoms with Crippen LogP contribution in [0.25, 0.3) is 10.9 Å². The molecule has 2 aliphatic rings. The smallest absolute Gasteiger partial charge is 0.407 e. The van der Waals surface area contributed by atoms with Gasteiger partial charge in [-0.05, 0) is 58.2 Å². The molecule has 2 atom stereocenters. The first-order valence-corrected chi connectivity index (χ1v) is 15.4. The number of carbonyl (C=O) groups is 1. The third kappa shape index (κ3) is 7.29. The van der Waals surface area contributed by atoms with Crippen molar-refractivity contribution < 1.29 is 27.8 Å². The summed E-state index contributed by atoms with van der Waals surface area (Å²) in [4.78, 5) is 20.0. The van der Waals surface area contributed by atoms with E-state index >= 15 is 8.78 Å². The van der Waals surface area contributed by atoms with Crippen LogP contribution in [-0.2, 0) is 6.42 Å². The summed E-state index contributed by atoms with van der Waals surface area (Å²) >= 11 is 0. The van der Waals surface area contributed by atoms with Gasteiger partial charge in [0.1, 0.15) is 23.1 Å². The lowest BCUT2D eigenvalue weighted by atomic mass is 9.87. The average Bonchev–Trinajstić information content (AvgIpc) is 3.31. The summed E-state index contributed by atoms with van der Waals surface area (Å²) in [5.74, 6) is -1.26. The molecule has 0 bridgehead atoms. The van der Waals surface area contributed by atoms with Gasteiger partial charge in [0.15, 0.2) is 0 Å². The Balaban J connectivity index is 1.22. The number of ether oxygens (including phenoxy) is 1. The molecule has 2 aliphatic heterocycles. The number of nitrogens with zero attached hydrogens (tertiary/aromatic N) is 3. The number of benzene rings is 2. The van der Waals surface area contributed by atoms with E-state index in [1.165, 1.54) is 30.9 Å². The topological polar surface area (TPSA) is 72.0 Å². The van der Waals surface area contributed by atoms with Crippen LogP contribution in [0.4, 0.5) is 18.0 Å². The van der Waals surface area contributed by atoms with Gasteiger partial charge in [0, 0.05) is 73.1 Å². The minimum Gasteiger partial charge on any atom is -0.493 e. The molecule has 10 heteroatoms. The molecule has 2 N–H and O–H groups in total. The van der Waals surface area contributed by atoms with Crippen molar-refractivity contribution in [3.63, 3.8) is 0 Å². The van der Waals surface area contributed by atoms with Gasteiger partial charge in [-0.15, -0.1) is 0 Å². The lowest BCUT2D eigenvalue weighted by Gasteiger charge is -2.43. The zero-order chi connectivity index (χ0) is 30.7. The van der Waals surface area contributed by atoms with Gasteiger partial charge in [-0.25, -0.2) is 18.0 Å². The maximum absolute atomic E-state index is 15.8. The van der Waals surface area contributed by atoms with E-state index in [9.17, 15) is 9.18 Å². The Morgan fingerprint density at radius 1 is 1.05 bits per heavy atom. The molecule has 1 fully saturated rings. The first kappa shape index (κ1) is 31.2. The number of fused-ring (bicyclic) bond motifs is 3. The number of para-hydroxylation sites is 1. The zero-order valence-electron chi connectivity index (χ0n) is 25.3. The van der Waals surface area contributed by atoms with Crippen molar-refractivity contribution in [2.45, 2.75) is 70.6 Å². The van der Waals surface area contributed by atoms with E-state index in [2.05, 4.69) is 9.88 Å². The van der Waals surface area contributed by atoms with Crippen molar-refractivity contribution >= 4 is 17.0 Å². The zero-order valence-corrected chi connectivity index (χ0v) is 25.3. The molecular weight excluding hydrogens is 557 g/mol. The molecule has 234 valence electrons. The Labute approximate surface area is 251 Å². The van der Waals surface area contributed by atoms with Gasteiger partial charge >= 0.3 is 6.09 Å². The molecule has 3 heterocycles. The number of carboxylic acid groups (broad SMARTS) is 1. The number of rotatable bonds is 11. The highest BCUT2D eigenvalue weighted by molar-refractivity contribution is 5.85. The lowest BCUT2D eigenvalue weighted by Crippen LogP contribution is -2.48. The normalized spacial score (nSPS) is 20.0. The van der Waals surface area contributed by atoms with E-state index in [-0.39, 0.29) is 23.9 Å². The Bertz CT molecular complexity index is 1390. The number of hydrogen-bond acceptors (Lipinski definition) is 4. The number of aromatic amines is 1. The molecule has 3 aromatic rings. The van der Waals surface area contributed by atoms with Crippen LogP contribution in [0.2, 0.25) is 0 Å². The molecule has 7 nitrogen and oxygen atoms in total. The second-order valence-corrected chi connectivity index (χ2v) is 12.6. The fourth-order valence-electron chi connectivity index (χ4n) is 6.55. The van der Waals surface area contributed by atoms with E-state index in [4.69, 9.17) is 9.84 Å². The van der Waals surface area contributed by atoms with Crippen LogP contribution in [0.1, 0.15) is 69.3 Å². The van der Waals surface area contributed by atoms with Crippen molar-refractivity contribution in [2.24, 2.45) is 0 Å². The molecule has 0 unspecified atom stereocenters. The molecular formula is C33H43F3N4O3. The standard InChI is InChI=1S/C33H43F3N4O3/c1-22-18-25-24-10-6-7-11-28(24)37-30(25)31(40(22)21-33(2,3)36)29-26(34)19-23(20-27(29)35)43-17-9-5-4-8-12-38-13-15-39(16-14-38)32(41)42/h6-7,10-11,19-20,22,31,37H,4-5,8-9,12-18,21H2,1-3H3,(H,41,42)/t22-,31-/m1/s1. The summed E-state index contributed by atoms with van der Waals surface area (Å²) in [6, 6.07) is 9.39. The largest absolute Gasteiger partial charge is 0.493 e. The SMILES string of the molecule is C[C@@H]1Cc2c([nH]c3ccccc23)[C@@H](c2c(F)cc(OCCCCCCN3CCN(C(=O)O)CC3)cc2F)N1CC(C)(C)F. The highest BCUT2D eigenvalue weighted by Crippen LogP contribution is 2.43. The summed E-state index contributed by atoms with van der Waals surface area (Å²) in [5.41, 5.74) is 0.968. The lowest BCUT2D eigenvalue weighted by molar-refractivity contribution is 0.0642. The number of amides is 1. The van der Waals surface area contributed by atoms with Crippen LogP contribution in [0, 0.1) is 11.6 Å².